The van der Waals surface area contributed by atoms with E-state index in [0.29, 0.717) is 17.5 Å². The SMILES string of the molecule is CC(=CC(=O)Nc1ccc(Oc2cnccn2)cc1)C1CC1. The molecule has 0 aliphatic heterocycles. The van der Waals surface area contributed by atoms with Gasteiger partial charge in [-0.15, -0.1) is 0 Å². The second-order valence-corrected chi connectivity index (χ2v) is 5.32. The van der Waals surface area contributed by atoms with Gasteiger partial charge < -0.3 is 10.1 Å². The molecule has 1 heterocycles. The Morgan fingerprint density at radius 1 is 1.27 bits per heavy atom. The average molecular weight is 295 g/mol. The number of nitrogens with zero attached hydrogens (tertiary/aromatic N) is 2. The maximum atomic E-state index is 11.9. The molecule has 3 rings (SSSR count). The van der Waals surface area contributed by atoms with Crippen LogP contribution in [0.15, 0.2) is 54.5 Å². The predicted molar refractivity (Wildman–Crippen MR) is 83.7 cm³/mol. The van der Waals surface area contributed by atoms with Gasteiger partial charge in [0.2, 0.25) is 11.8 Å². The van der Waals surface area contributed by atoms with E-state index in [0.717, 1.165) is 11.3 Å². The number of nitrogens with one attached hydrogen (secondary N) is 1. The van der Waals surface area contributed by atoms with Gasteiger partial charge >= 0.3 is 0 Å². The van der Waals surface area contributed by atoms with Crippen LogP contribution >= 0.6 is 0 Å². The Kier molecular flexibility index (Phi) is 4.14. The Morgan fingerprint density at radius 2 is 2.05 bits per heavy atom. The normalized spacial score (nSPS) is 14.5. The van der Waals surface area contributed by atoms with Crippen LogP contribution in [0.2, 0.25) is 0 Å². The summed E-state index contributed by atoms with van der Waals surface area (Å²) in [4.78, 5) is 19.9. The predicted octanol–water partition coefficient (Wildman–Crippen LogP) is 3.56. The van der Waals surface area contributed by atoms with Gasteiger partial charge in [-0.25, -0.2) is 4.98 Å². The molecule has 0 saturated heterocycles. The molecule has 2 aromatic rings. The summed E-state index contributed by atoms with van der Waals surface area (Å²) < 4.78 is 5.54. The summed E-state index contributed by atoms with van der Waals surface area (Å²) in [5.41, 5.74) is 1.89. The summed E-state index contributed by atoms with van der Waals surface area (Å²) in [5, 5.41) is 2.85. The number of amides is 1. The van der Waals surface area contributed by atoms with Crippen molar-refractivity contribution < 1.29 is 9.53 Å². The Labute approximate surface area is 129 Å². The van der Waals surface area contributed by atoms with E-state index in [4.69, 9.17) is 4.74 Å². The van der Waals surface area contributed by atoms with Crippen LogP contribution in [0, 0.1) is 5.92 Å². The van der Waals surface area contributed by atoms with Crippen molar-refractivity contribution in [2.75, 3.05) is 5.32 Å². The number of anilines is 1. The second kappa shape index (κ2) is 6.39. The Bertz CT molecular complexity index is 677. The number of hydrogen-bond donors (Lipinski definition) is 1. The van der Waals surface area contributed by atoms with Gasteiger partial charge in [0.25, 0.3) is 0 Å². The third kappa shape index (κ3) is 3.91. The zero-order valence-corrected chi connectivity index (χ0v) is 12.3. The molecule has 1 fully saturated rings. The van der Waals surface area contributed by atoms with Gasteiger partial charge in [0, 0.05) is 24.2 Å². The number of benzene rings is 1. The van der Waals surface area contributed by atoms with Gasteiger partial charge in [0.15, 0.2) is 0 Å². The Hall–Kier alpha value is -2.69. The third-order valence-corrected chi connectivity index (χ3v) is 3.46. The third-order valence-electron chi connectivity index (χ3n) is 3.46. The molecule has 1 amide bonds. The second-order valence-electron chi connectivity index (χ2n) is 5.32. The number of aromatic nitrogens is 2. The van der Waals surface area contributed by atoms with Crippen LogP contribution in [0.25, 0.3) is 0 Å². The maximum Gasteiger partial charge on any atom is 0.248 e. The summed E-state index contributed by atoms with van der Waals surface area (Å²) in [7, 11) is 0. The molecule has 1 aromatic carbocycles. The highest BCUT2D eigenvalue weighted by Crippen LogP contribution is 2.35. The lowest BCUT2D eigenvalue weighted by atomic mass is 10.2. The molecule has 1 N–H and O–H groups in total. The quantitative estimate of drug-likeness (QED) is 0.857. The Morgan fingerprint density at radius 3 is 2.68 bits per heavy atom. The van der Waals surface area contributed by atoms with E-state index in [9.17, 15) is 4.79 Å². The minimum atomic E-state index is -0.0907. The standard InChI is InChI=1S/C17H17N3O2/c1-12(13-2-3-13)10-16(21)20-14-4-6-15(7-5-14)22-17-11-18-8-9-19-17/h4-11,13H,2-3H2,1H3,(H,20,21). The summed E-state index contributed by atoms with van der Waals surface area (Å²) in [5.74, 6) is 1.59. The maximum absolute atomic E-state index is 11.9. The molecule has 5 nitrogen and oxygen atoms in total. The lowest BCUT2D eigenvalue weighted by molar-refractivity contribution is -0.112. The molecule has 5 heteroatoms. The molecule has 0 unspecified atom stereocenters. The molecule has 0 atom stereocenters. The molecule has 0 radical (unpaired) electrons. The Balaban J connectivity index is 1.59. The lowest BCUT2D eigenvalue weighted by Crippen LogP contribution is -2.08. The van der Waals surface area contributed by atoms with E-state index in [-0.39, 0.29) is 5.91 Å². The van der Waals surface area contributed by atoms with Crippen LogP contribution in [-0.2, 0) is 4.79 Å². The fraction of sp³-hybridized carbons (Fsp3) is 0.235. The van der Waals surface area contributed by atoms with Gasteiger partial charge in [0.1, 0.15) is 5.75 Å². The molecule has 22 heavy (non-hydrogen) atoms. The van der Waals surface area contributed by atoms with E-state index >= 15 is 0 Å². The zero-order valence-electron chi connectivity index (χ0n) is 12.3. The number of ether oxygens (including phenoxy) is 1. The van der Waals surface area contributed by atoms with Gasteiger partial charge in [-0.1, -0.05) is 5.57 Å². The molecule has 1 aliphatic carbocycles. The van der Waals surface area contributed by atoms with Crippen LogP contribution in [0.5, 0.6) is 11.6 Å². The fourth-order valence-corrected chi connectivity index (χ4v) is 2.11. The van der Waals surface area contributed by atoms with E-state index in [1.807, 2.05) is 6.92 Å². The van der Waals surface area contributed by atoms with Crippen molar-refractivity contribution in [3.05, 3.63) is 54.5 Å². The first-order chi connectivity index (χ1) is 10.7. The van der Waals surface area contributed by atoms with Crippen molar-refractivity contribution in [1.29, 1.82) is 0 Å². The van der Waals surface area contributed by atoms with Crippen LogP contribution in [-0.4, -0.2) is 15.9 Å². The van der Waals surface area contributed by atoms with Crippen molar-refractivity contribution in [3.8, 4) is 11.6 Å². The number of rotatable bonds is 5. The smallest absolute Gasteiger partial charge is 0.248 e. The molecular formula is C17H17N3O2. The van der Waals surface area contributed by atoms with E-state index < -0.39 is 0 Å². The van der Waals surface area contributed by atoms with Crippen molar-refractivity contribution in [2.24, 2.45) is 5.92 Å². The van der Waals surface area contributed by atoms with E-state index in [1.165, 1.54) is 12.8 Å². The number of carbonyl (C=O) groups is 1. The monoisotopic (exact) mass is 295 g/mol. The first kappa shape index (κ1) is 14.3. The molecule has 0 spiro atoms. The first-order valence-corrected chi connectivity index (χ1v) is 7.24. The minimum Gasteiger partial charge on any atom is -0.438 e. The van der Waals surface area contributed by atoms with Gasteiger partial charge in [0.05, 0.1) is 6.20 Å². The van der Waals surface area contributed by atoms with Gasteiger partial charge in [-0.05, 0) is 49.9 Å². The average Bonchev–Trinajstić information content (AvgIpc) is 3.35. The largest absolute Gasteiger partial charge is 0.438 e. The number of allylic oxidation sites excluding steroid dienone is 1. The molecule has 1 aromatic heterocycles. The summed E-state index contributed by atoms with van der Waals surface area (Å²) in [6.45, 7) is 2.01. The first-order valence-electron chi connectivity index (χ1n) is 7.24. The minimum absolute atomic E-state index is 0.0907. The van der Waals surface area contributed by atoms with Crippen LogP contribution in [0.1, 0.15) is 19.8 Å². The van der Waals surface area contributed by atoms with Crippen LogP contribution in [0.4, 0.5) is 5.69 Å². The number of carbonyl (C=O) groups excluding carboxylic acids is 1. The highest BCUT2D eigenvalue weighted by molar-refractivity contribution is 5.99. The van der Waals surface area contributed by atoms with Crippen LogP contribution in [0.3, 0.4) is 0 Å². The van der Waals surface area contributed by atoms with E-state index in [2.05, 4.69) is 15.3 Å². The van der Waals surface area contributed by atoms with Crippen molar-refractivity contribution in [3.63, 3.8) is 0 Å². The van der Waals surface area contributed by atoms with E-state index in [1.54, 1.807) is 48.9 Å². The summed E-state index contributed by atoms with van der Waals surface area (Å²) in [6, 6.07) is 7.15. The van der Waals surface area contributed by atoms with Crippen molar-refractivity contribution in [2.45, 2.75) is 19.8 Å². The topological polar surface area (TPSA) is 64.1 Å². The van der Waals surface area contributed by atoms with Crippen molar-refractivity contribution in [1.82, 2.24) is 9.97 Å². The molecule has 1 aliphatic rings. The zero-order chi connectivity index (χ0) is 15.4. The van der Waals surface area contributed by atoms with Crippen molar-refractivity contribution >= 4 is 11.6 Å². The highest BCUT2D eigenvalue weighted by atomic mass is 16.5. The molecule has 1 saturated carbocycles. The fourth-order valence-electron chi connectivity index (χ4n) is 2.11. The van der Waals surface area contributed by atoms with Gasteiger partial charge in [-0.3, -0.25) is 9.78 Å². The highest BCUT2D eigenvalue weighted by Gasteiger charge is 2.23. The number of hydrogen-bond acceptors (Lipinski definition) is 4. The summed E-state index contributed by atoms with van der Waals surface area (Å²) >= 11 is 0. The molecular weight excluding hydrogens is 278 g/mol. The van der Waals surface area contributed by atoms with Gasteiger partial charge in [-0.2, -0.15) is 0 Å². The summed E-state index contributed by atoms with van der Waals surface area (Å²) in [6.07, 6.45) is 8.78. The molecule has 112 valence electrons. The van der Waals surface area contributed by atoms with Crippen LogP contribution < -0.4 is 10.1 Å². The molecule has 0 bridgehead atoms. The lowest BCUT2D eigenvalue weighted by Gasteiger charge is -2.06.